The van der Waals surface area contributed by atoms with E-state index in [4.69, 9.17) is 27.9 Å². The lowest BCUT2D eigenvalue weighted by Crippen LogP contribution is -2.14. The normalized spacial score (nSPS) is 11.1. The van der Waals surface area contributed by atoms with Crippen LogP contribution in [0.15, 0.2) is 42.6 Å². The van der Waals surface area contributed by atoms with Crippen molar-refractivity contribution in [2.45, 2.75) is 6.92 Å². The molecule has 0 fully saturated rings. The van der Waals surface area contributed by atoms with Gasteiger partial charge < -0.3 is 25.3 Å². The van der Waals surface area contributed by atoms with Gasteiger partial charge in [-0.3, -0.25) is 4.79 Å². The van der Waals surface area contributed by atoms with Crippen molar-refractivity contribution in [3.05, 3.63) is 53.2 Å². The Bertz CT molecular complexity index is 1230. The summed E-state index contributed by atoms with van der Waals surface area (Å²) in [6, 6.07) is 10.8. The Morgan fingerprint density at radius 2 is 1.85 bits per heavy atom. The largest absolute Gasteiger partial charge is 0.495 e. The average molecular weight is 508 g/mol. The molecular formula is C22H24Cl2N5O3P. The van der Waals surface area contributed by atoms with Crippen LogP contribution in [0, 0.1) is 6.92 Å². The molecule has 8 nitrogen and oxygen atoms in total. The number of ether oxygens (including phenoxy) is 1. The maximum atomic E-state index is 12.7. The van der Waals surface area contributed by atoms with Crippen LogP contribution < -0.4 is 26.0 Å². The van der Waals surface area contributed by atoms with E-state index in [1.807, 2.05) is 31.2 Å². The van der Waals surface area contributed by atoms with Crippen LogP contribution in [0.3, 0.4) is 0 Å². The van der Waals surface area contributed by atoms with Crippen LogP contribution in [-0.4, -0.2) is 42.2 Å². The van der Waals surface area contributed by atoms with Crippen molar-refractivity contribution in [3.8, 4) is 5.75 Å². The number of nitrogens with zero attached hydrogens (tertiary/aromatic N) is 2. The molecule has 1 heterocycles. The lowest BCUT2D eigenvalue weighted by molar-refractivity contribution is -0.113. The number of benzene rings is 2. The number of hydrogen-bond donors (Lipinski definition) is 3. The number of carbonyl (C=O) groups excluding carboxylic acids is 1. The standard InChI is InChI=1S/C22H24Cl2N5O3P/c1-13-9-18(32-2)17(10-16(13)26-20(30)11-23)28-22-25-12-14(24)21(29-22)27-15-7-5-6-8-19(15)33(3,4)31/h5-10,12H,11H2,1-4H3,(H,26,30)(H2,25,27,28,29). The number of anilines is 5. The second-order valence-electron chi connectivity index (χ2n) is 7.56. The number of aryl methyl sites for hydroxylation is 1. The molecule has 0 saturated heterocycles. The third-order valence-electron chi connectivity index (χ3n) is 4.67. The zero-order valence-electron chi connectivity index (χ0n) is 18.6. The van der Waals surface area contributed by atoms with Crippen LogP contribution in [0.25, 0.3) is 0 Å². The summed E-state index contributed by atoms with van der Waals surface area (Å²) in [5.74, 6) is 0.637. The first-order chi connectivity index (χ1) is 15.6. The highest BCUT2D eigenvalue weighted by molar-refractivity contribution is 7.70. The summed E-state index contributed by atoms with van der Waals surface area (Å²) in [6.07, 6.45) is 1.45. The fourth-order valence-corrected chi connectivity index (χ4v) is 4.44. The molecule has 0 saturated carbocycles. The van der Waals surface area contributed by atoms with Gasteiger partial charge in [-0.2, -0.15) is 4.98 Å². The van der Waals surface area contributed by atoms with E-state index in [2.05, 4.69) is 25.9 Å². The maximum absolute atomic E-state index is 12.7. The highest BCUT2D eigenvalue weighted by Gasteiger charge is 2.18. The van der Waals surface area contributed by atoms with Gasteiger partial charge in [-0.15, -0.1) is 11.6 Å². The van der Waals surface area contributed by atoms with Crippen molar-refractivity contribution >= 4 is 70.4 Å². The Hall–Kier alpha value is -2.80. The van der Waals surface area contributed by atoms with Crippen LogP contribution >= 0.6 is 30.3 Å². The molecule has 3 aromatic rings. The van der Waals surface area contributed by atoms with Crippen molar-refractivity contribution in [1.82, 2.24) is 9.97 Å². The minimum Gasteiger partial charge on any atom is -0.495 e. The predicted octanol–water partition coefficient (Wildman–Crippen LogP) is 5.36. The van der Waals surface area contributed by atoms with Gasteiger partial charge in [0.1, 0.15) is 23.8 Å². The van der Waals surface area contributed by atoms with Crippen LogP contribution in [0.1, 0.15) is 5.56 Å². The van der Waals surface area contributed by atoms with Gasteiger partial charge in [-0.1, -0.05) is 23.7 Å². The molecule has 3 rings (SSSR count). The quantitative estimate of drug-likeness (QED) is 0.278. The number of rotatable bonds is 8. The van der Waals surface area contributed by atoms with Crippen molar-refractivity contribution in [2.24, 2.45) is 0 Å². The molecule has 0 aliphatic carbocycles. The molecule has 0 unspecified atom stereocenters. The number of alkyl halides is 1. The van der Waals surface area contributed by atoms with E-state index < -0.39 is 7.14 Å². The Labute approximate surface area is 202 Å². The van der Waals surface area contributed by atoms with Gasteiger partial charge >= 0.3 is 0 Å². The van der Waals surface area contributed by atoms with E-state index in [0.29, 0.717) is 39.0 Å². The van der Waals surface area contributed by atoms with Crippen LogP contribution in [0.2, 0.25) is 5.02 Å². The first kappa shape index (κ1) is 24.8. The van der Waals surface area contributed by atoms with Crippen LogP contribution in [0.5, 0.6) is 5.75 Å². The average Bonchev–Trinajstić information content (AvgIpc) is 2.77. The first-order valence-corrected chi connectivity index (χ1v) is 13.4. The number of amides is 1. The summed E-state index contributed by atoms with van der Waals surface area (Å²) in [5, 5.41) is 9.98. The zero-order chi connectivity index (χ0) is 24.2. The van der Waals surface area contributed by atoms with E-state index in [1.54, 1.807) is 25.5 Å². The molecule has 33 heavy (non-hydrogen) atoms. The third kappa shape index (κ3) is 6.16. The molecule has 3 N–H and O–H groups in total. The fraction of sp³-hybridized carbons (Fsp3) is 0.227. The van der Waals surface area contributed by atoms with E-state index in [9.17, 15) is 9.36 Å². The molecule has 2 aromatic carbocycles. The molecule has 1 amide bonds. The van der Waals surface area contributed by atoms with Crippen molar-refractivity contribution in [3.63, 3.8) is 0 Å². The Morgan fingerprint density at radius 1 is 1.12 bits per heavy atom. The molecule has 0 radical (unpaired) electrons. The second-order valence-corrected chi connectivity index (χ2v) is 11.4. The molecular weight excluding hydrogens is 484 g/mol. The van der Waals surface area contributed by atoms with Crippen LogP contribution in [0.4, 0.5) is 28.8 Å². The van der Waals surface area contributed by atoms with Gasteiger partial charge in [0.05, 0.1) is 24.7 Å². The number of nitrogens with one attached hydrogen (secondary N) is 3. The predicted molar refractivity (Wildman–Crippen MR) is 136 cm³/mol. The summed E-state index contributed by atoms with van der Waals surface area (Å²) in [4.78, 5) is 20.5. The van der Waals surface area contributed by atoms with Gasteiger partial charge in [0.15, 0.2) is 5.82 Å². The van der Waals surface area contributed by atoms with Gasteiger partial charge in [-0.25, -0.2) is 4.98 Å². The SMILES string of the molecule is COc1cc(C)c(NC(=O)CCl)cc1Nc1ncc(Cl)c(Nc2ccccc2P(C)(C)=O)n1. The summed E-state index contributed by atoms with van der Waals surface area (Å²) in [6.45, 7) is 5.24. The highest BCUT2D eigenvalue weighted by atomic mass is 35.5. The van der Waals surface area contributed by atoms with E-state index in [1.165, 1.54) is 13.3 Å². The van der Waals surface area contributed by atoms with E-state index in [-0.39, 0.29) is 17.7 Å². The summed E-state index contributed by atoms with van der Waals surface area (Å²) < 4.78 is 18.1. The Balaban J connectivity index is 1.95. The van der Waals surface area contributed by atoms with Crippen molar-refractivity contribution < 1.29 is 14.1 Å². The topological polar surface area (TPSA) is 105 Å². The number of methoxy groups -OCH3 is 1. The Kier molecular flexibility index (Phi) is 7.84. The fourth-order valence-electron chi connectivity index (χ4n) is 3.08. The summed E-state index contributed by atoms with van der Waals surface area (Å²) >= 11 is 11.9. The lowest BCUT2D eigenvalue weighted by atomic mass is 10.1. The minimum absolute atomic E-state index is 0.159. The smallest absolute Gasteiger partial charge is 0.239 e. The molecule has 11 heteroatoms. The highest BCUT2D eigenvalue weighted by Crippen LogP contribution is 2.39. The van der Waals surface area contributed by atoms with Crippen molar-refractivity contribution in [2.75, 3.05) is 42.3 Å². The molecule has 0 atom stereocenters. The molecule has 0 bridgehead atoms. The number of halogens is 2. The van der Waals surface area contributed by atoms with Gasteiger partial charge in [-0.05, 0) is 50.1 Å². The number of aromatic nitrogens is 2. The maximum Gasteiger partial charge on any atom is 0.239 e. The van der Waals surface area contributed by atoms with Crippen molar-refractivity contribution in [1.29, 1.82) is 0 Å². The molecule has 174 valence electrons. The van der Waals surface area contributed by atoms with Crippen LogP contribution in [-0.2, 0) is 9.36 Å². The third-order valence-corrected chi connectivity index (χ3v) is 6.74. The van der Waals surface area contributed by atoms with E-state index in [0.717, 1.165) is 5.56 Å². The number of carbonyl (C=O) groups is 1. The lowest BCUT2D eigenvalue weighted by Gasteiger charge is -2.17. The Morgan fingerprint density at radius 3 is 2.52 bits per heavy atom. The monoisotopic (exact) mass is 507 g/mol. The first-order valence-electron chi connectivity index (χ1n) is 9.88. The van der Waals surface area contributed by atoms with Gasteiger partial charge in [0.2, 0.25) is 11.9 Å². The molecule has 0 aliphatic rings. The van der Waals surface area contributed by atoms with Gasteiger partial charge in [0.25, 0.3) is 0 Å². The molecule has 1 aromatic heterocycles. The zero-order valence-corrected chi connectivity index (χ0v) is 21.0. The minimum atomic E-state index is -2.53. The van der Waals surface area contributed by atoms with Gasteiger partial charge in [0, 0.05) is 11.0 Å². The molecule has 0 spiro atoms. The number of para-hydroxylation sites is 1. The molecule has 0 aliphatic heterocycles. The summed E-state index contributed by atoms with van der Waals surface area (Å²) in [7, 11) is -0.996. The van der Waals surface area contributed by atoms with E-state index >= 15 is 0 Å². The number of hydrogen-bond acceptors (Lipinski definition) is 7. The second kappa shape index (κ2) is 10.4. The summed E-state index contributed by atoms with van der Waals surface area (Å²) in [5.41, 5.74) is 2.56.